The number of hydrogen-bond acceptors (Lipinski definition) is 3. The fraction of sp³-hybridized carbons (Fsp3) is 0.129. The van der Waals surface area contributed by atoms with Crippen molar-refractivity contribution in [1.29, 1.82) is 0 Å². The van der Waals surface area contributed by atoms with E-state index in [1.807, 2.05) is 37.3 Å². The zero-order chi connectivity index (χ0) is 28.8. The molecule has 204 valence electrons. The maximum absolute atomic E-state index is 13.2. The number of aromatic carboxylic acids is 1. The Kier molecular flexibility index (Phi) is 9.48. The second-order valence-corrected chi connectivity index (χ2v) is 10.1. The quantitative estimate of drug-likeness (QED) is 0.160. The van der Waals surface area contributed by atoms with E-state index in [0.717, 1.165) is 18.4 Å². The number of aromatic amines is 1. The lowest BCUT2D eigenvalue weighted by molar-refractivity contribution is 0.0696. The Morgan fingerprint density at radius 2 is 1.85 bits per heavy atom. The molecular formula is C31H26Cl3N3O3. The number of rotatable bonds is 10. The van der Waals surface area contributed by atoms with E-state index in [1.165, 1.54) is 11.6 Å². The molecule has 3 N–H and O–H groups in total. The summed E-state index contributed by atoms with van der Waals surface area (Å²) in [6, 6.07) is 17.3. The van der Waals surface area contributed by atoms with Crippen LogP contribution in [0.2, 0.25) is 10.0 Å². The van der Waals surface area contributed by atoms with Crippen molar-refractivity contribution in [3.05, 3.63) is 123 Å². The molecule has 1 amide bonds. The van der Waals surface area contributed by atoms with Gasteiger partial charge in [0.25, 0.3) is 5.91 Å². The van der Waals surface area contributed by atoms with Crippen LogP contribution in [0.4, 0.5) is 0 Å². The van der Waals surface area contributed by atoms with Crippen molar-refractivity contribution in [3.8, 4) is 0 Å². The molecule has 1 aromatic heterocycles. The second-order valence-electron chi connectivity index (χ2n) is 9.04. The van der Waals surface area contributed by atoms with Gasteiger partial charge in [-0.2, -0.15) is 0 Å². The minimum Gasteiger partial charge on any atom is -0.478 e. The Morgan fingerprint density at radius 3 is 2.52 bits per heavy atom. The highest BCUT2D eigenvalue weighted by atomic mass is 35.5. The van der Waals surface area contributed by atoms with Crippen LogP contribution in [0.3, 0.4) is 0 Å². The molecule has 1 heterocycles. The van der Waals surface area contributed by atoms with Crippen LogP contribution in [0.5, 0.6) is 0 Å². The zero-order valence-corrected chi connectivity index (χ0v) is 23.8. The van der Waals surface area contributed by atoms with Crippen molar-refractivity contribution in [2.45, 2.75) is 25.8 Å². The second kappa shape index (κ2) is 13.0. The molecule has 9 heteroatoms. The smallest absolute Gasteiger partial charge is 0.336 e. The van der Waals surface area contributed by atoms with E-state index in [1.54, 1.807) is 36.4 Å². The number of nitrogens with zero attached hydrogens (tertiary/aromatic N) is 1. The number of benzene rings is 3. The Balaban J connectivity index is 1.71. The molecule has 4 aromatic rings. The van der Waals surface area contributed by atoms with Crippen LogP contribution in [0, 0.1) is 0 Å². The SMILES string of the molecule is C=C(/C(=C\C=C/Cl)c1nc2c(Cl)cc(Cl)cc2[nH]1)c1ccc(C(=O)N[C@H](CCC)c2ccccc2)cc1C(=O)O. The highest BCUT2D eigenvalue weighted by molar-refractivity contribution is 6.38. The standard InChI is InChI=1S/C31H26Cl3N3O3/c1-3-8-26(19-9-5-4-6-10-19)36-30(38)20-12-13-22(24(15-20)31(39)40)18(2)23(11-7-14-32)29-35-27-17-21(33)16-25(34)28(27)37-29/h4-7,9-17,26H,2-3,8H2,1H3,(H,35,37)(H,36,38)(H,39,40)/b14-7-,23-11+/t26-/m1/s1. The van der Waals surface area contributed by atoms with Crippen LogP contribution < -0.4 is 5.32 Å². The average molecular weight is 595 g/mol. The number of carboxylic acids is 1. The Hall–Kier alpha value is -3.84. The number of allylic oxidation sites excluding steroid dienone is 4. The van der Waals surface area contributed by atoms with Crippen LogP contribution in [0.15, 0.2) is 84.9 Å². The van der Waals surface area contributed by atoms with Crippen molar-refractivity contribution in [3.63, 3.8) is 0 Å². The van der Waals surface area contributed by atoms with Gasteiger partial charge in [-0.25, -0.2) is 9.78 Å². The van der Waals surface area contributed by atoms with Gasteiger partial charge in [0.2, 0.25) is 0 Å². The summed E-state index contributed by atoms with van der Waals surface area (Å²) < 4.78 is 0. The van der Waals surface area contributed by atoms with Crippen LogP contribution >= 0.6 is 34.8 Å². The largest absolute Gasteiger partial charge is 0.478 e. The zero-order valence-electron chi connectivity index (χ0n) is 21.5. The number of fused-ring (bicyclic) bond motifs is 1. The maximum atomic E-state index is 13.2. The van der Waals surface area contributed by atoms with Crippen LogP contribution in [-0.4, -0.2) is 27.0 Å². The Bertz CT molecular complexity index is 1640. The van der Waals surface area contributed by atoms with E-state index in [0.29, 0.717) is 43.6 Å². The first-order valence-electron chi connectivity index (χ1n) is 12.5. The molecule has 4 rings (SSSR count). The number of carbonyl (C=O) groups excluding carboxylic acids is 1. The number of aromatic nitrogens is 2. The highest BCUT2D eigenvalue weighted by Gasteiger charge is 2.22. The number of nitrogens with one attached hydrogen (secondary N) is 2. The highest BCUT2D eigenvalue weighted by Crippen LogP contribution is 2.34. The first kappa shape index (κ1) is 29.2. The van der Waals surface area contributed by atoms with Crippen molar-refractivity contribution in [2.75, 3.05) is 0 Å². The number of imidazole rings is 1. The van der Waals surface area contributed by atoms with E-state index in [4.69, 9.17) is 34.8 Å². The summed E-state index contributed by atoms with van der Waals surface area (Å²) in [4.78, 5) is 33.3. The fourth-order valence-electron chi connectivity index (χ4n) is 4.43. The molecule has 0 spiro atoms. The first-order valence-corrected chi connectivity index (χ1v) is 13.7. The van der Waals surface area contributed by atoms with Crippen molar-refractivity contribution >= 4 is 68.9 Å². The van der Waals surface area contributed by atoms with Gasteiger partial charge < -0.3 is 15.4 Å². The number of halogens is 3. The van der Waals surface area contributed by atoms with Gasteiger partial charge in [0.1, 0.15) is 11.3 Å². The van der Waals surface area contributed by atoms with Gasteiger partial charge in [-0.3, -0.25) is 4.79 Å². The molecule has 0 saturated heterocycles. The third-order valence-corrected chi connectivity index (χ3v) is 6.99. The molecule has 0 aliphatic rings. The van der Waals surface area contributed by atoms with E-state index < -0.39 is 5.97 Å². The molecule has 0 aliphatic carbocycles. The molecule has 0 bridgehead atoms. The maximum Gasteiger partial charge on any atom is 0.336 e. The number of hydrogen-bond donors (Lipinski definition) is 3. The number of carboxylic acid groups (broad SMARTS) is 1. The summed E-state index contributed by atoms with van der Waals surface area (Å²) in [5, 5.41) is 13.9. The summed E-state index contributed by atoms with van der Waals surface area (Å²) in [5.41, 5.74) is 4.69. The molecule has 1 atom stereocenters. The predicted molar refractivity (Wildman–Crippen MR) is 163 cm³/mol. The van der Waals surface area contributed by atoms with Crippen LogP contribution in [0.1, 0.15) is 63.5 Å². The van der Waals surface area contributed by atoms with E-state index >= 15 is 0 Å². The lowest BCUT2D eigenvalue weighted by Gasteiger charge is -2.19. The topological polar surface area (TPSA) is 95.1 Å². The molecule has 0 radical (unpaired) electrons. The van der Waals surface area contributed by atoms with E-state index in [2.05, 4.69) is 21.9 Å². The summed E-state index contributed by atoms with van der Waals surface area (Å²) in [6.45, 7) is 6.21. The first-order chi connectivity index (χ1) is 19.2. The van der Waals surface area contributed by atoms with Crippen molar-refractivity contribution in [1.82, 2.24) is 15.3 Å². The van der Waals surface area contributed by atoms with Crippen LogP contribution in [0.25, 0.3) is 22.2 Å². The Labute approximate surface area is 247 Å². The lowest BCUT2D eigenvalue weighted by Crippen LogP contribution is -2.28. The third kappa shape index (κ3) is 6.48. The molecule has 40 heavy (non-hydrogen) atoms. The van der Waals surface area contributed by atoms with E-state index in [-0.39, 0.29) is 23.1 Å². The van der Waals surface area contributed by atoms with Crippen LogP contribution in [-0.2, 0) is 0 Å². The van der Waals surface area contributed by atoms with Gasteiger partial charge >= 0.3 is 5.97 Å². The molecule has 0 fully saturated rings. The monoisotopic (exact) mass is 593 g/mol. The minimum atomic E-state index is -1.20. The lowest BCUT2D eigenvalue weighted by atomic mass is 9.92. The van der Waals surface area contributed by atoms with Crippen molar-refractivity contribution < 1.29 is 14.7 Å². The summed E-state index contributed by atoms with van der Waals surface area (Å²) in [7, 11) is 0. The van der Waals surface area contributed by atoms with Crippen molar-refractivity contribution in [2.24, 2.45) is 0 Å². The Morgan fingerprint density at radius 1 is 1.10 bits per heavy atom. The number of carbonyl (C=O) groups is 2. The van der Waals surface area contributed by atoms with Gasteiger partial charge in [0.15, 0.2) is 0 Å². The molecular weight excluding hydrogens is 569 g/mol. The number of amides is 1. The molecule has 3 aromatic carbocycles. The summed E-state index contributed by atoms with van der Waals surface area (Å²) in [5.74, 6) is -1.18. The molecule has 0 aliphatic heterocycles. The molecule has 6 nitrogen and oxygen atoms in total. The minimum absolute atomic E-state index is 0.0812. The molecule has 0 saturated carbocycles. The normalized spacial score (nSPS) is 12.6. The van der Waals surface area contributed by atoms with E-state index in [9.17, 15) is 14.7 Å². The van der Waals surface area contributed by atoms with Gasteiger partial charge in [-0.1, -0.05) is 97.2 Å². The summed E-state index contributed by atoms with van der Waals surface area (Å²) in [6.07, 6.45) is 4.84. The fourth-order valence-corrected chi connectivity index (χ4v) is 5.04. The third-order valence-electron chi connectivity index (χ3n) is 6.34. The molecule has 0 unspecified atom stereocenters. The number of H-pyrrole nitrogens is 1. The van der Waals surface area contributed by atoms with Gasteiger partial charge in [0.05, 0.1) is 22.1 Å². The van der Waals surface area contributed by atoms with Gasteiger partial charge in [-0.05, 0) is 53.5 Å². The predicted octanol–water partition coefficient (Wildman–Crippen LogP) is 8.69. The average Bonchev–Trinajstić information content (AvgIpc) is 3.37. The van der Waals surface area contributed by atoms with Gasteiger partial charge in [-0.15, -0.1) is 0 Å². The van der Waals surface area contributed by atoms with Gasteiger partial charge in [0, 0.05) is 21.7 Å². The summed E-state index contributed by atoms with van der Waals surface area (Å²) >= 11 is 18.3.